The number of pyridine rings is 1. The van der Waals surface area contributed by atoms with Crippen molar-refractivity contribution in [3.05, 3.63) is 95.7 Å². The smallest absolute Gasteiger partial charge is 0.224 e. The molecule has 0 radical (unpaired) electrons. The van der Waals surface area contributed by atoms with Crippen molar-refractivity contribution < 1.29 is 14.4 Å². The van der Waals surface area contributed by atoms with Crippen LogP contribution in [0.25, 0.3) is 43.9 Å². The van der Waals surface area contributed by atoms with Crippen LogP contribution in [0.2, 0.25) is 0 Å². The highest BCUT2D eigenvalue weighted by atomic mass is 16.5. The summed E-state index contributed by atoms with van der Waals surface area (Å²) in [5, 5.41) is 16.9. The largest absolute Gasteiger partial charge is 0.507 e. The summed E-state index contributed by atoms with van der Waals surface area (Å²) in [5.41, 5.74) is 7.43. The average Bonchev–Trinajstić information content (AvgIpc) is 2.93. The number of hydrogen-bond donors (Lipinski definition) is 1. The molecule has 4 aromatic carbocycles. The molecule has 0 saturated heterocycles. The number of aromatic hydroxyl groups is 1. The maximum Gasteiger partial charge on any atom is 0.224 e. The number of ether oxygens (including phenoxy) is 1. The van der Waals surface area contributed by atoms with E-state index >= 15 is 0 Å². The lowest BCUT2D eigenvalue weighted by molar-refractivity contribution is -0.659. The Morgan fingerprint density at radius 1 is 0.810 bits per heavy atom. The number of phenolic OH excluding ortho intramolecular Hbond substituents is 1. The lowest BCUT2D eigenvalue weighted by atomic mass is 9.75. The Labute approximate surface area is 251 Å². The minimum absolute atomic E-state index is 0.00203. The lowest BCUT2D eigenvalue weighted by Crippen LogP contribution is -2.33. The fourth-order valence-electron chi connectivity index (χ4n) is 6.50. The van der Waals surface area contributed by atoms with Crippen LogP contribution in [0, 0.1) is 5.41 Å². The Morgan fingerprint density at radius 3 is 2.07 bits per heavy atom. The number of nitrogens with zero attached hydrogens (tertiary/aromatic N) is 1. The van der Waals surface area contributed by atoms with E-state index in [-0.39, 0.29) is 10.8 Å². The van der Waals surface area contributed by atoms with E-state index in [1.54, 1.807) is 7.11 Å². The van der Waals surface area contributed by atoms with Gasteiger partial charge in [-0.25, -0.2) is 4.57 Å². The summed E-state index contributed by atoms with van der Waals surface area (Å²) in [6.07, 6.45) is 2.89. The van der Waals surface area contributed by atoms with Crippen molar-refractivity contribution in [2.75, 3.05) is 13.7 Å². The number of hydrogen-bond acceptors (Lipinski definition) is 2. The van der Waals surface area contributed by atoms with Crippen LogP contribution in [0.3, 0.4) is 0 Å². The van der Waals surface area contributed by atoms with E-state index in [9.17, 15) is 5.11 Å². The van der Waals surface area contributed by atoms with Crippen molar-refractivity contribution in [1.82, 2.24) is 0 Å². The van der Waals surface area contributed by atoms with Gasteiger partial charge in [-0.1, -0.05) is 103 Å². The van der Waals surface area contributed by atoms with Gasteiger partial charge in [0.1, 0.15) is 12.8 Å². The third-order valence-electron chi connectivity index (χ3n) is 8.47. The van der Waals surface area contributed by atoms with Crippen molar-refractivity contribution in [3.63, 3.8) is 0 Å². The second-order valence-corrected chi connectivity index (χ2v) is 14.0. The van der Waals surface area contributed by atoms with E-state index < -0.39 is 0 Å². The zero-order valence-corrected chi connectivity index (χ0v) is 26.8. The standard InChI is InChI=1S/C39H45NO2/c1-25(2)26-14-16-27(17-15-26)28-18-19-30-29(22-28)20-21-40(8)36(30)34-35(39(6,7)24-42-9)32-13-11-10-12-31(32)33(37(34)41)23-38(3,4)5/h10-22,25H,23-24H2,1-9H3/p+1. The molecule has 0 saturated carbocycles. The Hall–Kier alpha value is -3.69. The molecule has 0 spiro atoms. The molecule has 3 nitrogen and oxygen atoms in total. The Balaban J connectivity index is 1.84. The first-order valence-corrected chi connectivity index (χ1v) is 15.1. The number of phenols is 1. The van der Waals surface area contributed by atoms with Crippen molar-refractivity contribution in [3.8, 4) is 28.1 Å². The molecule has 0 unspecified atom stereocenters. The van der Waals surface area contributed by atoms with Gasteiger partial charge in [0.25, 0.3) is 0 Å². The van der Waals surface area contributed by atoms with Crippen LogP contribution < -0.4 is 4.57 Å². The van der Waals surface area contributed by atoms with Crippen molar-refractivity contribution in [1.29, 1.82) is 0 Å². The van der Waals surface area contributed by atoms with Gasteiger partial charge >= 0.3 is 0 Å². The molecule has 0 amide bonds. The third-order valence-corrected chi connectivity index (χ3v) is 8.47. The number of aryl methyl sites for hydroxylation is 1. The molecule has 1 N–H and O–H groups in total. The van der Waals surface area contributed by atoms with E-state index in [1.807, 2.05) is 0 Å². The molecule has 218 valence electrons. The first-order chi connectivity index (χ1) is 19.8. The van der Waals surface area contributed by atoms with Gasteiger partial charge < -0.3 is 9.84 Å². The van der Waals surface area contributed by atoms with Crippen LogP contribution >= 0.6 is 0 Å². The third kappa shape index (κ3) is 5.55. The monoisotopic (exact) mass is 560 g/mol. The number of benzene rings is 4. The molecule has 5 aromatic rings. The summed E-state index contributed by atoms with van der Waals surface area (Å²) < 4.78 is 7.93. The van der Waals surface area contributed by atoms with Crippen LogP contribution in [0.4, 0.5) is 0 Å². The van der Waals surface area contributed by atoms with Gasteiger partial charge in [0.15, 0.2) is 6.20 Å². The quantitative estimate of drug-likeness (QED) is 0.201. The summed E-state index contributed by atoms with van der Waals surface area (Å²) in [6.45, 7) is 16.1. The Morgan fingerprint density at radius 2 is 1.45 bits per heavy atom. The predicted octanol–water partition coefficient (Wildman–Crippen LogP) is 9.49. The van der Waals surface area contributed by atoms with Gasteiger partial charge in [-0.2, -0.15) is 0 Å². The molecular weight excluding hydrogens is 514 g/mol. The van der Waals surface area contributed by atoms with E-state index in [2.05, 4.69) is 139 Å². The molecule has 1 aromatic heterocycles. The molecule has 0 fully saturated rings. The van der Waals surface area contributed by atoms with Crippen molar-refractivity contribution in [2.45, 2.75) is 66.2 Å². The highest BCUT2D eigenvalue weighted by Crippen LogP contribution is 2.48. The van der Waals surface area contributed by atoms with E-state index in [0.717, 1.165) is 45.0 Å². The summed E-state index contributed by atoms with van der Waals surface area (Å²) in [5.74, 6) is 0.881. The summed E-state index contributed by atoms with van der Waals surface area (Å²) in [7, 11) is 3.84. The zero-order valence-electron chi connectivity index (χ0n) is 26.8. The number of aromatic nitrogens is 1. The maximum atomic E-state index is 12.3. The summed E-state index contributed by atoms with van der Waals surface area (Å²) >= 11 is 0. The number of rotatable bonds is 7. The number of fused-ring (bicyclic) bond motifs is 2. The first kappa shape index (κ1) is 29.8. The van der Waals surface area contributed by atoms with E-state index in [4.69, 9.17) is 4.74 Å². The second kappa shape index (κ2) is 11.2. The fraction of sp³-hybridized carbons (Fsp3) is 0.359. The van der Waals surface area contributed by atoms with Crippen LogP contribution in [0.1, 0.15) is 71.1 Å². The average molecular weight is 561 g/mol. The minimum atomic E-state index is -0.352. The molecule has 0 bridgehead atoms. The first-order valence-electron chi connectivity index (χ1n) is 15.1. The van der Waals surface area contributed by atoms with Gasteiger partial charge in [-0.15, -0.1) is 0 Å². The molecule has 5 rings (SSSR count). The molecule has 0 atom stereocenters. The zero-order chi connectivity index (χ0) is 30.4. The van der Waals surface area contributed by atoms with Crippen LogP contribution in [-0.4, -0.2) is 18.8 Å². The van der Waals surface area contributed by atoms with Gasteiger partial charge in [0.2, 0.25) is 5.69 Å². The summed E-state index contributed by atoms with van der Waals surface area (Å²) in [4.78, 5) is 0. The molecular formula is C39H46NO2+. The molecule has 42 heavy (non-hydrogen) atoms. The summed E-state index contributed by atoms with van der Waals surface area (Å²) in [6, 6.07) is 26.3. The van der Waals surface area contributed by atoms with Gasteiger partial charge in [-0.05, 0) is 68.3 Å². The molecule has 0 aliphatic carbocycles. The topological polar surface area (TPSA) is 33.3 Å². The second-order valence-electron chi connectivity index (χ2n) is 14.0. The maximum absolute atomic E-state index is 12.3. The Kier molecular flexibility index (Phi) is 7.94. The molecule has 3 heteroatoms. The number of methoxy groups -OCH3 is 1. The lowest BCUT2D eigenvalue weighted by Gasteiger charge is -2.31. The van der Waals surface area contributed by atoms with E-state index in [0.29, 0.717) is 18.3 Å². The highest BCUT2D eigenvalue weighted by molar-refractivity contribution is 6.03. The predicted molar refractivity (Wildman–Crippen MR) is 177 cm³/mol. The van der Waals surface area contributed by atoms with Gasteiger partial charge in [0.05, 0.1) is 17.6 Å². The molecule has 1 heterocycles. The Bertz CT molecular complexity index is 1750. The van der Waals surface area contributed by atoms with Crippen LogP contribution in [0.5, 0.6) is 5.75 Å². The fourth-order valence-corrected chi connectivity index (χ4v) is 6.50. The van der Waals surface area contributed by atoms with Crippen molar-refractivity contribution >= 4 is 21.5 Å². The molecule has 0 aliphatic rings. The SMILES string of the molecule is COCC(C)(C)c1c(-c2c3ccc(-c4ccc(C(C)C)cc4)cc3cc[n+]2C)c(O)c(CC(C)(C)C)c2ccccc12. The minimum Gasteiger partial charge on any atom is -0.507 e. The van der Waals surface area contributed by atoms with Crippen molar-refractivity contribution in [2.24, 2.45) is 12.5 Å². The van der Waals surface area contributed by atoms with Crippen LogP contribution in [-0.2, 0) is 23.6 Å². The normalized spacial score (nSPS) is 12.5. The van der Waals surface area contributed by atoms with Gasteiger partial charge in [-0.3, -0.25) is 0 Å². The highest BCUT2D eigenvalue weighted by Gasteiger charge is 2.35. The van der Waals surface area contributed by atoms with E-state index in [1.165, 1.54) is 22.1 Å². The van der Waals surface area contributed by atoms with Crippen LogP contribution in [0.15, 0.2) is 79.0 Å². The van der Waals surface area contributed by atoms with Gasteiger partial charge in [0, 0.05) is 24.2 Å². The molecule has 0 aliphatic heterocycles.